The van der Waals surface area contributed by atoms with Crippen LogP contribution in [0.15, 0.2) is 23.2 Å². The molecule has 0 bridgehead atoms. The predicted molar refractivity (Wildman–Crippen MR) is 92.3 cm³/mol. The average molecular weight is 374 g/mol. The van der Waals surface area contributed by atoms with Crippen molar-refractivity contribution in [1.29, 1.82) is 0 Å². The highest BCUT2D eigenvalue weighted by Gasteiger charge is 2.34. The van der Waals surface area contributed by atoms with Crippen molar-refractivity contribution in [3.05, 3.63) is 46.3 Å². The average Bonchev–Trinajstić information content (AvgIpc) is 3.08. The van der Waals surface area contributed by atoms with E-state index >= 15 is 0 Å². The molecule has 1 aromatic carbocycles. The lowest BCUT2D eigenvalue weighted by Crippen LogP contribution is -2.19. The standard InChI is InChI=1S/C17H14N2O6S/c1-8-11(17(21)22)7-18-13(8)6-10-15-9-4-5-25-26(23,24)14(9)3-2-12(15)19-16(10)20/h2-3,6-7,18H,4-5H2,1H3,(H,19,20)(H,21,22)/b10-6-. The van der Waals surface area contributed by atoms with Crippen molar-refractivity contribution in [2.45, 2.75) is 18.2 Å². The maximum absolute atomic E-state index is 12.4. The Kier molecular flexibility index (Phi) is 3.53. The van der Waals surface area contributed by atoms with Gasteiger partial charge in [-0.05, 0) is 42.7 Å². The van der Waals surface area contributed by atoms with Gasteiger partial charge in [0.25, 0.3) is 16.0 Å². The van der Waals surface area contributed by atoms with Gasteiger partial charge in [0.1, 0.15) is 0 Å². The summed E-state index contributed by atoms with van der Waals surface area (Å²) in [6.45, 7) is 1.65. The van der Waals surface area contributed by atoms with Gasteiger partial charge >= 0.3 is 5.97 Å². The fourth-order valence-electron chi connectivity index (χ4n) is 3.31. The maximum Gasteiger partial charge on any atom is 0.337 e. The van der Waals surface area contributed by atoms with Gasteiger partial charge < -0.3 is 15.4 Å². The number of hydrogen-bond donors (Lipinski definition) is 3. The Hall–Kier alpha value is -2.91. The van der Waals surface area contributed by atoms with Crippen LogP contribution >= 0.6 is 0 Å². The zero-order valence-electron chi connectivity index (χ0n) is 13.6. The Morgan fingerprint density at radius 1 is 1.35 bits per heavy atom. The molecule has 0 spiro atoms. The molecule has 0 saturated heterocycles. The number of rotatable bonds is 2. The van der Waals surface area contributed by atoms with Crippen molar-refractivity contribution in [3.63, 3.8) is 0 Å². The van der Waals surface area contributed by atoms with Crippen LogP contribution in [0.4, 0.5) is 5.69 Å². The molecule has 0 atom stereocenters. The van der Waals surface area contributed by atoms with Gasteiger partial charge in [0.05, 0.1) is 22.6 Å². The summed E-state index contributed by atoms with van der Waals surface area (Å²) in [7, 11) is -3.84. The largest absolute Gasteiger partial charge is 0.478 e. The lowest BCUT2D eigenvalue weighted by atomic mass is 9.97. The second-order valence-corrected chi connectivity index (χ2v) is 7.63. The third-order valence-electron chi connectivity index (χ3n) is 4.59. The first-order valence-electron chi connectivity index (χ1n) is 7.79. The Morgan fingerprint density at radius 3 is 2.81 bits per heavy atom. The van der Waals surface area contributed by atoms with Crippen molar-refractivity contribution in [3.8, 4) is 0 Å². The van der Waals surface area contributed by atoms with Crippen LogP contribution in [0, 0.1) is 6.92 Å². The monoisotopic (exact) mass is 374 g/mol. The number of aromatic carboxylic acids is 1. The van der Waals surface area contributed by atoms with Crippen LogP contribution in [0.1, 0.15) is 32.7 Å². The van der Waals surface area contributed by atoms with Gasteiger partial charge in [0.2, 0.25) is 0 Å². The predicted octanol–water partition coefficient (Wildman–Crippen LogP) is 1.78. The zero-order chi connectivity index (χ0) is 18.6. The molecule has 2 aliphatic rings. The fraction of sp³-hybridized carbons (Fsp3) is 0.176. The number of hydrogen-bond acceptors (Lipinski definition) is 5. The van der Waals surface area contributed by atoms with Gasteiger partial charge in [-0.25, -0.2) is 4.79 Å². The normalized spacial score (nSPS) is 19.1. The van der Waals surface area contributed by atoms with E-state index in [9.17, 15) is 18.0 Å². The molecule has 0 aliphatic carbocycles. The summed E-state index contributed by atoms with van der Waals surface area (Å²) in [6.07, 6.45) is 3.26. The summed E-state index contributed by atoms with van der Waals surface area (Å²) in [6, 6.07) is 2.96. The first-order valence-corrected chi connectivity index (χ1v) is 9.20. The first kappa shape index (κ1) is 16.6. The number of nitrogens with one attached hydrogen (secondary N) is 2. The highest BCUT2D eigenvalue weighted by atomic mass is 32.2. The van der Waals surface area contributed by atoms with E-state index in [-0.39, 0.29) is 28.5 Å². The number of carbonyl (C=O) groups excluding carboxylic acids is 1. The number of amides is 1. The number of benzene rings is 1. The minimum atomic E-state index is -3.84. The van der Waals surface area contributed by atoms with Crippen LogP contribution in [0.3, 0.4) is 0 Å². The molecule has 134 valence electrons. The second-order valence-electron chi connectivity index (χ2n) is 6.05. The lowest BCUT2D eigenvalue weighted by Gasteiger charge is -2.19. The molecule has 26 heavy (non-hydrogen) atoms. The molecule has 0 unspecified atom stereocenters. The van der Waals surface area contributed by atoms with Crippen LogP contribution in [-0.4, -0.2) is 37.0 Å². The van der Waals surface area contributed by atoms with E-state index < -0.39 is 16.1 Å². The topological polar surface area (TPSA) is 126 Å². The number of anilines is 1. The van der Waals surface area contributed by atoms with Crippen molar-refractivity contribution in [1.82, 2.24) is 4.98 Å². The number of H-pyrrole nitrogens is 1. The van der Waals surface area contributed by atoms with Crippen LogP contribution < -0.4 is 5.32 Å². The molecule has 0 fully saturated rings. The number of carbonyl (C=O) groups is 2. The molecule has 0 saturated carbocycles. The molecule has 8 nitrogen and oxygen atoms in total. The molecule has 9 heteroatoms. The summed E-state index contributed by atoms with van der Waals surface area (Å²) in [5.41, 5.74) is 2.95. The molecule has 2 aliphatic heterocycles. The number of fused-ring (bicyclic) bond motifs is 3. The number of carboxylic acids is 1. The van der Waals surface area contributed by atoms with Gasteiger partial charge in [0, 0.05) is 23.1 Å². The molecule has 1 aromatic heterocycles. The van der Waals surface area contributed by atoms with E-state index in [1.807, 2.05) is 0 Å². The molecular weight excluding hydrogens is 360 g/mol. The molecule has 1 amide bonds. The Morgan fingerprint density at radius 2 is 2.12 bits per heavy atom. The molecule has 3 N–H and O–H groups in total. The van der Waals surface area contributed by atoms with E-state index in [0.29, 0.717) is 34.5 Å². The van der Waals surface area contributed by atoms with Crippen LogP contribution in [0.5, 0.6) is 0 Å². The molecule has 0 radical (unpaired) electrons. The zero-order valence-corrected chi connectivity index (χ0v) is 14.4. The van der Waals surface area contributed by atoms with E-state index in [1.165, 1.54) is 18.3 Å². The van der Waals surface area contributed by atoms with Crippen LogP contribution in [0.25, 0.3) is 11.6 Å². The summed E-state index contributed by atoms with van der Waals surface area (Å²) in [4.78, 5) is 26.5. The van der Waals surface area contributed by atoms with Crippen molar-refractivity contribution < 1.29 is 27.3 Å². The highest BCUT2D eigenvalue weighted by Crippen LogP contribution is 2.40. The number of aromatic nitrogens is 1. The van der Waals surface area contributed by atoms with Crippen LogP contribution in [-0.2, 0) is 25.5 Å². The number of aromatic amines is 1. The SMILES string of the molecule is Cc1c(C(=O)O)c[nH]c1/C=C1\C(=O)Nc2ccc3c(c21)CCOS3(=O)=O. The Bertz CT molecular complexity index is 1110. The lowest BCUT2D eigenvalue weighted by molar-refractivity contribution is -0.110. The Labute approximate surface area is 148 Å². The first-order chi connectivity index (χ1) is 12.3. The van der Waals surface area contributed by atoms with Gasteiger partial charge in [-0.3, -0.25) is 8.98 Å². The molecule has 4 rings (SSSR count). The van der Waals surface area contributed by atoms with Gasteiger partial charge in [0.15, 0.2) is 0 Å². The van der Waals surface area contributed by atoms with E-state index in [4.69, 9.17) is 9.29 Å². The fourth-order valence-corrected chi connectivity index (χ4v) is 4.48. The van der Waals surface area contributed by atoms with E-state index in [2.05, 4.69) is 10.3 Å². The van der Waals surface area contributed by atoms with E-state index in [1.54, 1.807) is 13.0 Å². The second kappa shape index (κ2) is 5.55. The highest BCUT2D eigenvalue weighted by molar-refractivity contribution is 7.86. The number of carboxylic acid groups (broad SMARTS) is 1. The maximum atomic E-state index is 12.4. The minimum Gasteiger partial charge on any atom is -0.478 e. The summed E-state index contributed by atoms with van der Waals surface area (Å²) < 4.78 is 29.1. The van der Waals surface area contributed by atoms with E-state index in [0.717, 1.165) is 0 Å². The van der Waals surface area contributed by atoms with Gasteiger partial charge in [-0.1, -0.05) is 0 Å². The molecule has 2 aromatic rings. The quantitative estimate of drug-likeness (QED) is 0.543. The van der Waals surface area contributed by atoms with Gasteiger partial charge in [-0.15, -0.1) is 0 Å². The van der Waals surface area contributed by atoms with Gasteiger partial charge in [-0.2, -0.15) is 8.42 Å². The molecule has 3 heterocycles. The summed E-state index contributed by atoms with van der Waals surface area (Å²) >= 11 is 0. The third-order valence-corrected chi connectivity index (χ3v) is 5.99. The molecular formula is C17H14N2O6S. The van der Waals surface area contributed by atoms with Crippen molar-refractivity contribution in [2.75, 3.05) is 11.9 Å². The summed E-state index contributed by atoms with van der Waals surface area (Å²) in [5.74, 6) is -1.44. The Balaban J connectivity index is 1.92. The minimum absolute atomic E-state index is 0.0119. The van der Waals surface area contributed by atoms with Crippen molar-refractivity contribution in [2.24, 2.45) is 0 Å². The van der Waals surface area contributed by atoms with Crippen molar-refractivity contribution >= 4 is 39.3 Å². The van der Waals surface area contributed by atoms with Crippen LogP contribution in [0.2, 0.25) is 0 Å². The smallest absolute Gasteiger partial charge is 0.337 e. The third kappa shape index (κ3) is 2.36. The summed E-state index contributed by atoms with van der Waals surface area (Å²) in [5, 5.41) is 11.9.